The minimum absolute atomic E-state index is 0.382. The molecular formula is C13H20O. The molecule has 78 valence electrons. The summed E-state index contributed by atoms with van der Waals surface area (Å²) in [6.07, 6.45) is 0. The van der Waals surface area contributed by atoms with Gasteiger partial charge in [-0.05, 0) is 61.4 Å². The Hall–Kier alpha value is -0.980. The van der Waals surface area contributed by atoms with Crippen molar-refractivity contribution in [3.8, 4) is 5.75 Å². The van der Waals surface area contributed by atoms with Crippen molar-refractivity contribution >= 4 is 0 Å². The number of phenolic OH excluding ortho intramolecular Hbond substituents is 1. The van der Waals surface area contributed by atoms with Gasteiger partial charge in [-0.3, -0.25) is 0 Å². The maximum absolute atomic E-state index is 10.1. The first kappa shape index (κ1) is 11.1. The third-order valence-corrected chi connectivity index (χ3v) is 3.28. The smallest absolute Gasteiger partial charge is 0.122 e. The van der Waals surface area contributed by atoms with Crippen LogP contribution in [0.15, 0.2) is 0 Å². The van der Waals surface area contributed by atoms with Crippen LogP contribution in [0, 0.1) is 27.7 Å². The Bertz CT molecular complexity index is 333. The summed E-state index contributed by atoms with van der Waals surface area (Å²) in [5, 5.41) is 10.1. The van der Waals surface area contributed by atoms with Gasteiger partial charge in [0.15, 0.2) is 0 Å². The molecule has 0 radical (unpaired) electrons. The highest BCUT2D eigenvalue weighted by Crippen LogP contribution is 2.36. The van der Waals surface area contributed by atoms with Crippen LogP contribution in [0.4, 0.5) is 0 Å². The molecule has 1 rings (SSSR count). The molecule has 0 atom stereocenters. The first-order valence-corrected chi connectivity index (χ1v) is 5.17. The monoisotopic (exact) mass is 192 g/mol. The number of rotatable bonds is 1. The fourth-order valence-electron chi connectivity index (χ4n) is 2.03. The van der Waals surface area contributed by atoms with Crippen LogP contribution in [0.5, 0.6) is 5.75 Å². The van der Waals surface area contributed by atoms with Crippen molar-refractivity contribution in [2.45, 2.75) is 47.5 Å². The van der Waals surface area contributed by atoms with Crippen LogP contribution in [-0.2, 0) is 0 Å². The fraction of sp³-hybridized carbons (Fsp3) is 0.538. The SMILES string of the molecule is Cc1c(C)c(C)c(C(C)C)c(O)c1C. The number of aromatic hydroxyl groups is 1. The predicted molar refractivity (Wildman–Crippen MR) is 61.1 cm³/mol. The first-order chi connectivity index (χ1) is 6.37. The summed E-state index contributed by atoms with van der Waals surface area (Å²) in [6.45, 7) is 12.5. The molecular weight excluding hydrogens is 172 g/mol. The van der Waals surface area contributed by atoms with Gasteiger partial charge in [-0.2, -0.15) is 0 Å². The Kier molecular flexibility index (Phi) is 2.89. The minimum atomic E-state index is 0.382. The topological polar surface area (TPSA) is 20.2 Å². The van der Waals surface area contributed by atoms with Gasteiger partial charge in [0.25, 0.3) is 0 Å². The van der Waals surface area contributed by atoms with Crippen molar-refractivity contribution in [1.82, 2.24) is 0 Å². The van der Waals surface area contributed by atoms with Gasteiger partial charge in [0, 0.05) is 0 Å². The standard InChI is InChI=1S/C13H20O/c1-7(2)12-10(5)8(3)9(4)11(6)13(12)14/h7,14H,1-6H3. The Morgan fingerprint density at radius 2 is 1.21 bits per heavy atom. The van der Waals surface area contributed by atoms with Crippen molar-refractivity contribution < 1.29 is 5.11 Å². The van der Waals surface area contributed by atoms with E-state index in [9.17, 15) is 5.11 Å². The van der Waals surface area contributed by atoms with Gasteiger partial charge >= 0.3 is 0 Å². The molecule has 1 nitrogen and oxygen atoms in total. The van der Waals surface area contributed by atoms with Gasteiger partial charge in [0.05, 0.1) is 0 Å². The van der Waals surface area contributed by atoms with Gasteiger partial charge in [0.1, 0.15) is 5.75 Å². The summed E-state index contributed by atoms with van der Waals surface area (Å²) in [7, 11) is 0. The average Bonchev–Trinajstić information content (AvgIpc) is 2.11. The summed E-state index contributed by atoms with van der Waals surface area (Å²) < 4.78 is 0. The second kappa shape index (κ2) is 3.64. The third-order valence-electron chi connectivity index (χ3n) is 3.28. The van der Waals surface area contributed by atoms with Crippen LogP contribution in [-0.4, -0.2) is 5.11 Å². The highest BCUT2D eigenvalue weighted by molar-refractivity contribution is 5.54. The van der Waals surface area contributed by atoms with Crippen LogP contribution >= 0.6 is 0 Å². The highest BCUT2D eigenvalue weighted by atomic mass is 16.3. The third kappa shape index (κ3) is 1.52. The first-order valence-electron chi connectivity index (χ1n) is 5.17. The molecule has 0 fully saturated rings. The molecule has 0 saturated heterocycles. The molecule has 0 bridgehead atoms. The summed E-state index contributed by atoms with van der Waals surface area (Å²) in [5.74, 6) is 0.869. The van der Waals surface area contributed by atoms with Gasteiger partial charge in [0.2, 0.25) is 0 Å². The zero-order valence-corrected chi connectivity index (χ0v) is 10.0. The van der Waals surface area contributed by atoms with Gasteiger partial charge in [-0.15, -0.1) is 0 Å². The molecule has 1 aromatic rings. The number of hydrogen-bond acceptors (Lipinski definition) is 1. The lowest BCUT2D eigenvalue weighted by atomic mass is 9.88. The second-order valence-corrected chi connectivity index (χ2v) is 4.42. The molecule has 1 aromatic carbocycles. The molecule has 0 heterocycles. The number of phenols is 1. The molecule has 0 amide bonds. The maximum Gasteiger partial charge on any atom is 0.122 e. The summed E-state index contributed by atoms with van der Waals surface area (Å²) in [6, 6.07) is 0. The van der Waals surface area contributed by atoms with E-state index in [0.717, 1.165) is 11.1 Å². The summed E-state index contributed by atoms with van der Waals surface area (Å²) >= 11 is 0. The van der Waals surface area contributed by atoms with Crippen LogP contribution in [0.2, 0.25) is 0 Å². The molecule has 0 spiro atoms. The molecule has 0 aliphatic rings. The largest absolute Gasteiger partial charge is 0.507 e. The lowest BCUT2D eigenvalue weighted by molar-refractivity contribution is 0.459. The van der Waals surface area contributed by atoms with E-state index in [1.807, 2.05) is 6.92 Å². The molecule has 0 aromatic heterocycles. The number of benzene rings is 1. The molecule has 1 heteroatoms. The van der Waals surface area contributed by atoms with Crippen LogP contribution in [0.25, 0.3) is 0 Å². The molecule has 1 N–H and O–H groups in total. The Labute approximate surface area is 86.8 Å². The number of hydrogen-bond donors (Lipinski definition) is 1. The van der Waals surface area contributed by atoms with Crippen LogP contribution < -0.4 is 0 Å². The lowest BCUT2D eigenvalue weighted by Gasteiger charge is -2.19. The van der Waals surface area contributed by atoms with E-state index in [1.54, 1.807) is 0 Å². The zero-order chi connectivity index (χ0) is 11.0. The molecule has 0 saturated carbocycles. The quantitative estimate of drug-likeness (QED) is 0.718. The van der Waals surface area contributed by atoms with Gasteiger partial charge in [-0.1, -0.05) is 13.8 Å². The Balaban J connectivity index is 3.60. The van der Waals surface area contributed by atoms with E-state index in [-0.39, 0.29) is 0 Å². The van der Waals surface area contributed by atoms with E-state index in [4.69, 9.17) is 0 Å². The predicted octanol–water partition coefficient (Wildman–Crippen LogP) is 3.75. The van der Waals surface area contributed by atoms with Crippen molar-refractivity contribution in [2.24, 2.45) is 0 Å². The molecule has 14 heavy (non-hydrogen) atoms. The van der Waals surface area contributed by atoms with Crippen molar-refractivity contribution in [3.63, 3.8) is 0 Å². The molecule has 0 aliphatic heterocycles. The van der Waals surface area contributed by atoms with E-state index in [0.29, 0.717) is 11.7 Å². The normalized spacial score (nSPS) is 11.1. The fourth-order valence-corrected chi connectivity index (χ4v) is 2.03. The maximum atomic E-state index is 10.1. The van der Waals surface area contributed by atoms with Crippen molar-refractivity contribution in [2.75, 3.05) is 0 Å². The van der Waals surface area contributed by atoms with Crippen LogP contribution in [0.1, 0.15) is 47.6 Å². The summed E-state index contributed by atoms with van der Waals surface area (Å²) in [4.78, 5) is 0. The van der Waals surface area contributed by atoms with E-state index in [1.165, 1.54) is 16.7 Å². The Morgan fingerprint density at radius 1 is 0.786 bits per heavy atom. The molecule has 0 unspecified atom stereocenters. The lowest BCUT2D eigenvalue weighted by Crippen LogP contribution is -2.00. The van der Waals surface area contributed by atoms with Crippen LogP contribution in [0.3, 0.4) is 0 Å². The average molecular weight is 192 g/mol. The second-order valence-electron chi connectivity index (χ2n) is 4.42. The van der Waals surface area contributed by atoms with E-state index >= 15 is 0 Å². The minimum Gasteiger partial charge on any atom is -0.507 e. The highest BCUT2D eigenvalue weighted by Gasteiger charge is 2.16. The van der Waals surface area contributed by atoms with Gasteiger partial charge in [-0.25, -0.2) is 0 Å². The van der Waals surface area contributed by atoms with Crippen molar-refractivity contribution in [3.05, 3.63) is 27.8 Å². The van der Waals surface area contributed by atoms with Gasteiger partial charge < -0.3 is 5.11 Å². The van der Waals surface area contributed by atoms with Crippen molar-refractivity contribution in [1.29, 1.82) is 0 Å². The summed E-state index contributed by atoms with van der Waals surface area (Å²) in [5.41, 5.74) is 5.89. The molecule has 0 aliphatic carbocycles. The Morgan fingerprint density at radius 3 is 1.64 bits per heavy atom. The van der Waals surface area contributed by atoms with E-state index in [2.05, 4.69) is 34.6 Å². The van der Waals surface area contributed by atoms with E-state index < -0.39 is 0 Å². The zero-order valence-electron chi connectivity index (χ0n) is 10.0.